The summed E-state index contributed by atoms with van der Waals surface area (Å²) in [4.78, 5) is 11.7. The van der Waals surface area contributed by atoms with Gasteiger partial charge in [-0.25, -0.2) is 0 Å². The van der Waals surface area contributed by atoms with Crippen LogP contribution in [0.15, 0.2) is 42.5 Å². The van der Waals surface area contributed by atoms with E-state index < -0.39 is 0 Å². The van der Waals surface area contributed by atoms with Crippen LogP contribution >= 0.6 is 0 Å². The number of carbonyl (C=O) groups excluding carboxylic acids is 1. The minimum absolute atomic E-state index is 0.0382. The monoisotopic (exact) mass is 216 g/mol. The zero-order valence-corrected chi connectivity index (χ0v) is 9.32. The van der Waals surface area contributed by atoms with Crippen molar-refractivity contribution in [1.29, 1.82) is 0 Å². The highest BCUT2D eigenvalue weighted by Gasteiger charge is 2.26. The molecule has 1 aliphatic rings. The molecule has 0 radical (unpaired) electrons. The number of allylic oxidation sites excluding steroid dienone is 1. The summed E-state index contributed by atoms with van der Waals surface area (Å²) >= 11 is 0. The van der Waals surface area contributed by atoms with Crippen molar-refractivity contribution in [2.45, 2.75) is 25.9 Å². The van der Waals surface area contributed by atoms with Crippen molar-refractivity contribution in [2.24, 2.45) is 5.92 Å². The van der Waals surface area contributed by atoms with Crippen LogP contribution in [0.4, 0.5) is 0 Å². The zero-order valence-electron chi connectivity index (χ0n) is 9.32. The largest absolute Gasteiger partial charge is 0.461 e. The van der Waals surface area contributed by atoms with Crippen LogP contribution in [0.5, 0.6) is 0 Å². The number of benzene rings is 1. The molecular formula is C14H16O2. The summed E-state index contributed by atoms with van der Waals surface area (Å²) < 4.78 is 5.28. The molecule has 0 spiro atoms. The van der Waals surface area contributed by atoms with Crippen LogP contribution in [-0.2, 0) is 16.1 Å². The number of carbonyl (C=O) groups is 1. The highest BCUT2D eigenvalue weighted by Crippen LogP contribution is 2.29. The summed E-state index contributed by atoms with van der Waals surface area (Å²) in [5.41, 5.74) is 2.20. The van der Waals surface area contributed by atoms with Gasteiger partial charge in [-0.2, -0.15) is 0 Å². The SMILES string of the molecule is C=C1CCC(C(=O)OCc2ccccc2)C1. The lowest BCUT2D eigenvalue weighted by molar-refractivity contribution is -0.149. The quantitative estimate of drug-likeness (QED) is 0.573. The van der Waals surface area contributed by atoms with Crippen LogP contribution in [0, 0.1) is 5.92 Å². The van der Waals surface area contributed by atoms with Crippen molar-refractivity contribution in [3.05, 3.63) is 48.0 Å². The Kier molecular flexibility index (Phi) is 3.40. The molecule has 0 saturated heterocycles. The van der Waals surface area contributed by atoms with Gasteiger partial charge in [-0.1, -0.05) is 42.5 Å². The Morgan fingerprint density at radius 2 is 2.12 bits per heavy atom. The number of ether oxygens (including phenoxy) is 1. The molecule has 1 saturated carbocycles. The van der Waals surface area contributed by atoms with E-state index in [0.717, 1.165) is 24.8 Å². The Balaban J connectivity index is 1.82. The first-order chi connectivity index (χ1) is 7.75. The summed E-state index contributed by atoms with van der Waals surface area (Å²) in [7, 11) is 0. The Hall–Kier alpha value is -1.57. The Morgan fingerprint density at radius 3 is 2.75 bits per heavy atom. The molecular weight excluding hydrogens is 200 g/mol. The Bertz CT molecular complexity index is 381. The molecule has 1 aromatic carbocycles. The molecule has 0 bridgehead atoms. The second-order valence-corrected chi connectivity index (χ2v) is 4.28. The van der Waals surface area contributed by atoms with Gasteiger partial charge in [0.1, 0.15) is 6.61 Å². The van der Waals surface area contributed by atoms with E-state index in [9.17, 15) is 4.79 Å². The molecule has 2 heteroatoms. The zero-order chi connectivity index (χ0) is 11.4. The Labute approximate surface area is 95.9 Å². The van der Waals surface area contributed by atoms with Gasteiger partial charge in [-0.3, -0.25) is 4.79 Å². The van der Waals surface area contributed by atoms with Crippen molar-refractivity contribution < 1.29 is 9.53 Å². The normalized spacial score (nSPS) is 19.8. The first kappa shape index (κ1) is 10.9. The number of rotatable bonds is 3. The van der Waals surface area contributed by atoms with Gasteiger partial charge in [0.2, 0.25) is 0 Å². The van der Waals surface area contributed by atoms with E-state index >= 15 is 0 Å². The van der Waals surface area contributed by atoms with Crippen LogP contribution in [0.2, 0.25) is 0 Å². The summed E-state index contributed by atoms with van der Waals surface area (Å²) in [6.07, 6.45) is 2.66. The topological polar surface area (TPSA) is 26.3 Å². The van der Waals surface area contributed by atoms with E-state index in [4.69, 9.17) is 4.74 Å². The molecule has 84 valence electrons. The standard InChI is InChI=1S/C14H16O2/c1-11-7-8-13(9-11)14(15)16-10-12-5-3-2-4-6-12/h2-6,13H,1,7-10H2. The van der Waals surface area contributed by atoms with Crippen LogP contribution in [0.1, 0.15) is 24.8 Å². The molecule has 1 unspecified atom stereocenters. The number of hydrogen-bond donors (Lipinski definition) is 0. The molecule has 2 rings (SSSR count). The fourth-order valence-corrected chi connectivity index (χ4v) is 1.98. The summed E-state index contributed by atoms with van der Waals surface area (Å²) in [6.45, 7) is 4.27. The average molecular weight is 216 g/mol. The smallest absolute Gasteiger partial charge is 0.309 e. The van der Waals surface area contributed by atoms with Gasteiger partial charge in [0.15, 0.2) is 0 Å². The van der Waals surface area contributed by atoms with Crippen LogP contribution in [0.25, 0.3) is 0 Å². The maximum Gasteiger partial charge on any atom is 0.309 e. The minimum Gasteiger partial charge on any atom is -0.461 e. The lowest BCUT2D eigenvalue weighted by Crippen LogP contribution is -2.14. The van der Waals surface area contributed by atoms with Gasteiger partial charge in [-0.15, -0.1) is 0 Å². The third-order valence-electron chi connectivity index (χ3n) is 2.94. The van der Waals surface area contributed by atoms with Gasteiger partial charge in [0, 0.05) is 0 Å². The summed E-state index contributed by atoms with van der Waals surface area (Å²) in [5.74, 6) is -0.0429. The molecule has 2 nitrogen and oxygen atoms in total. The maximum absolute atomic E-state index is 11.7. The van der Waals surface area contributed by atoms with Gasteiger partial charge in [0.05, 0.1) is 5.92 Å². The van der Waals surface area contributed by atoms with E-state index in [0.29, 0.717) is 6.61 Å². The lowest BCUT2D eigenvalue weighted by Gasteiger charge is -2.09. The van der Waals surface area contributed by atoms with Crippen molar-refractivity contribution in [2.75, 3.05) is 0 Å². The predicted molar refractivity (Wildman–Crippen MR) is 62.7 cm³/mol. The third kappa shape index (κ3) is 2.72. The number of esters is 1. The molecule has 1 aliphatic carbocycles. The maximum atomic E-state index is 11.7. The van der Waals surface area contributed by atoms with Gasteiger partial charge < -0.3 is 4.74 Å². The van der Waals surface area contributed by atoms with Crippen molar-refractivity contribution in [1.82, 2.24) is 0 Å². The lowest BCUT2D eigenvalue weighted by atomic mass is 10.1. The fourth-order valence-electron chi connectivity index (χ4n) is 1.98. The fraction of sp³-hybridized carbons (Fsp3) is 0.357. The molecule has 1 fully saturated rings. The number of hydrogen-bond acceptors (Lipinski definition) is 2. The molecule has 1 atom stereocenters. The molecule has 0 heterocycles. The predicted octanol–water partition coefficient (Wildman–Crippen LogP) is 3.09. The molecule has 0 N–H and O–H groups in total. The molecule has 0 aliphatic heterocycles. The summed E-state index contributed by atoms with van der Waals surface area (Å²) in [6, 6.07) is 9.76. The second kappa shape index (κ2) is 4.97. The minimum atomic E-state index is -0.0810. The van der Waals surface area contributed by atoms with Crippen molar-refractivity contribution in [3.8, 4) is 0 Å². The first-order valence-electron chi connectivity index (χ1n) is 5.63. The third-order valence-corrected chi connectivity index (χ3v) is 2.94. The molecule has 0 amide bonds. The molecule has 16 heavy (non-hydrogen) atoms. The Morgan fingerprint density at radius 1 is 1.38 bits per heavy atom. The van der Waals surface area contributed by atoms with Crippen molar-refractivity contribution in [3.63, 3.8) is 0 Å². The molecule has 1 aromatic rings. The second-order valence-electron chi connectivity index (χ2n) is 4.28. The van der Waals surface area contributed by atoms with Crippen LogP contribution < -0.4 is 0 Å². The van der Waals surface area contributed by atoms with E-state index in [2.05, 4.69) is 6.58 Å². The average Bonchev–Trinajstić information content (AvgIpc) is 2.74. The first-order valence-corrected chi connectivity index (χ1v) is 5.63. The van der Waals surface area contributed by atoms with Gasteiger partial charge >= 0.3 is 5.97 Å². The van der Waals surface area contributed by atoms with Gasteiger partial charge in [0.25, 0.3) is 0 Å². The highest BCUT2D eigenvalue weighted by atomic mass is 16.5. The van der Waals surface area contributed by atoms with Crippen molar-refractivity contribution >= 4 is 5.97 Å². The van der Waals surface area contributed by atoms with E-state index in [-0.39, 0.29) is 11.9 Å². The van der Waals surface area contributed by atoms with E-state index in [1.807, 2.05) is 30.3 Å². The van der Waals surface area contributed by atoms with E-state index in [1.54, 1.807) is 0 Å². The summed E-state index contributed by atoms with van der Waals surface area (Å²) in [5, 5.41) is 0. The van der Waals surface area contributed by atoms with Crippen LogP contribution in [0.3, 0.4) is 0 Å². The highest BCUT2D eigenvalue weighted by molar-refractivity contribution is 5.73. The van der Waals surface area contributed by atoms with Crippen LogP contribution in [-0.4, -0.2) is 5.97 Å². The van der Waals surface area contributed by atoms with Gasteiger partial charge in [-0.05, 0) is 24.8 Å². The van der Waals surface area contributed by atoms with E-state index in [1.165, 1.54) is 5.57 Å². The molecule has 0 aromatic heterocycles.